The van der Waals surface area contributed by atoms with Crippen LogP contribution < -0.4 is 5.11 Å². The van der Waals surface area contributed by atoms with E-state index in [1.54, 1.807) is 0 Å². The van der Waals surface area contributed by atoms with Gasteiger partial charge in [0.15, 0.2) is 0 Å². The van der Waals surface area contributed by atoms with Crippen LogP contribution in [0.3, 0.4) is 0 Å². The zero-order chi connectivity index (χ0) is 14.2. The first-order chi connectivity index (χ1) is 8.29. The number of hydrogen-bond acceptors (Lipinski definition) is 7. The lowest BCUT2D eigenvalue weighted by Crippen LogP contribution is -2.42. The number of aliphatic carboxylic acids is 1. The molecule has 0 spiro atoms. The van der Waals surface area contributed by atoms with E-state index in [1.165, 1.54) is 0 Å². The summed E-state index contributed by atoms with van der Waals surface area (Å²) in [5.74, 6) is -2.70. The molecule has 0 heterocycles. The zero-order valence-electron chi connectivity index (χ0n) is 10.1. The van der Waals surface area contributed by atoms with E-state index >= 15 is 0 Å². The highest BCUT2D eigenvalue weighted by atomic mass is 32.2. The Morgan fingerprint density at radius 1 is 1.28 bits per heavy atom. The van der Waals surface area contributed by atoms with Crippen molar-refractivity contribution in [3.63, 3.8) is 0 Å². The maximum Gasteiger partial charge on any atom is 0.136 e. The lowest BCUT2D eigenvalue weighted by Gasteiger charge is -2.20. The fraction of sp³-hybridized carbons (Fsp3) is 0.800. The third kappa shape index (κ3) is 7.36. The Labute approximate surface area is 106 Å². The van der Waals surface area contributed by atoms with Gasteiger partial charge >= 0.3 is 0 Å². The number of carboxylic acid groups (broad SMARTS) is 1. The molecule has 0 bridgehead atoms. The molecule has 0 amide bonds. The molecule has 0 aliphatic carbocycles. The number of carbonyl (C=O) groups excluding carboxylic acids is 2. The summed E-state index contributed by atoms with van der Waals surface area (Å²) in [4.78, 5) is 21.7. The molecule has 0 rings (SSSR count). The highest BCUT2D eigenvalue weighted by Crippen LogP contribution is 2.06. The summed E-state index contributed by atoms with van der Waals surface area (Å²) in [5.41, 5.74) is 0. The molecule has 0 radical (unpaired) electrons. The monoisotopic (exact) mass is 280 g/mol. The van der Waals surface area contributed by atoms with Gasteiger partial charge < -0.3 is 19.2 Å². The summed E-state index contributed by atoms with van der Waals surface area (Å²) in [6, 6.07) is 0. The predicted molar refractivity (Wildman–Crippen MR) is 58.5 cm³/mol. The summed E-state index contributed by atoms with van der Waals surface area (Å²) >= 11 is 0. The van der Waals surface area contributed by atoms with Crippen molar-refractivity contribution >= 4 is 21.9 Å². The molecule has 0 N–H and O–H groups in total. The van der Waals surface area contributed by atoms with Crippen molar-refractivity contribution in [3.8, 4) is 0 Å². The molecule has 0 aromatic heterocycles. The average Bonchev–Trinajstić information content (AvgIpc) is 2.23. The molecule has 0 aromatic rings. The standard InChI is InChI=1S/C10H18O7S/c1-2-3-5-17-6-4-8(11)7-9(10(12)13)18(14,15)16/h9H,2-7H2,1H3,(H,12,13)(H,14,15,16)/p-2. The molecule has 0 saturated heterocycles. The van der Waals surface area contributed by atoms with Crippen LogP contribution in [0.25, 0.3) is 0 Å². The minimum atomic E-state index is -5.07. The van der Waals surface area contributed by atoms with Crippen LogP contribution in [0.1, 0.15) is 32.6 Å². The smallest absolute Gasteiger partial charge is 0.136 e. The molecule has 18 heavy (non-hydrogen) atoms. The van der Waals surface area contributed by atoms with Crippen LogP contribution in [0.5, 0.6) is 0 Å². The number of ketones is 1. The summed E-state index contributed by atoms with van der Waals surface area (Å²) in [5, 5.41) is 8.10. The van der Waals surface area contributed by atoms with E-state index in [0.29, 0.717) is 6.61 Å². The van der Waals surface area contributed by atoms with Crippen molar-refractivity contribution < 1.29 is 32.4 Å². The number of unbranched alkanes of at least 4 members (excludes halogenated alkanes) is 1. The summed E-state index contributed by atoms with van der Waals surface area (Å²) in [6.45, 7) is 2.53. The molecule has 106 valence electrons. The summed E-state index contributed by atoms with van der Waals surface area (Å²) in [6.07, 6.45) is 0.786. The van der Waals surface area contributed by atoms with E-state index < -0.39 is 33.5 Å². The normalized spacial score (nSPS) is 13.2. The lowest BCUT2D eigenvalue weighted by atomic mass is 10.2. The van der Waals surface area contributed by atoms with Gasteiger partial charge in [0.1, 0.15) is 15.9 Å². The number of hydrogen-bond donors (Lipinski definition) is 0. The fourth-order valence-corrected chi connectivity index (χ4v) is 1.77. The van der Waals surface area contributed by atoms with Gasteiger partial charge in [-0.25, -0.2) is 8.42 Å². The van der Waals surface area contributed by atoms with Gasteiger partial charge in [-0.3, -0.25) is 4.79 Å². The lowest BCUT2D eigenvalue weighted by molar-refractivity contribution is -0.305. The Morgan fingerprint density at radius 2 is 1.89 bits per heavy atom. The molecule has 0 aliphatic heterocycles. The van der Waals surface area contributed by atoms with E-state index in [1.807, 2.05) is 6.92 Å². The number of rotatable bonds is 10. The summed E-state index contributed by atoms with van der Waals surface area (Å²) in [7, 11) is -5.07. The maximum absolute atomic E-state index is 11.3. The van der Waals surface area contributed by atoms with Gasteiger partial charge in [-0.1, -0.05) is 13.3 Å². The van der Waals surface area contributed by atoms with Crippen molar-refractivity contribution in [1.29, 1.82) is 0 Å². The topological polar surface area (TPSA) is 124 Å². The third-order valence-corrected chi connectivity index (χ3v) is 3.25. The second-order valence-corrected chi connectivity index (χ2v) is 5.31. The molecule has 0 fully saturated rings. The molecule has 0 aromatic carbocycles. The van der Waals surface area contributed by atoms with Crippen LogP contribution in [0, 0.1) is 0 Å². The maximum atomic E-state index is 11.3. The van der Waals surface area contributed by atoms with Crippen molar-refractivity contribution in [2.75, 3.05) is 13.2 Å². The fourth-order valence-electron chi connectivity index (χ4n) is 1.15. The van der Waals surface area contributed by atoms with E-state index in [4.69, 9.17) is 4.74 Å². The molecule has 0 saturated carbocycles. The first-order valence-corrected chi connectivity index (χ1v) is 7.01. The Morgan fingerprint density at radius 3 is 2.33 bits per heavy atom. The average molecular weight is 280 g/mol. The Bertz CT molecular complexity index is 374. The van der Waals surface area contributed by atoms with Gasteiger partial charge in [-0.2, -0.15) is 0 Å². The molecule has 0 aliphatic rings. The van der Waals surface area contributed by atoms with Crippen LogP contribution in [-0.4, -0.2) is 43.2 Å². The van der Waals surface area contributed by atoms with Crippen molar-refractivity contribution in [3.05, 3.63) is 0 Å². The Kier molecular flexibility index (Phi) is 7.72. The van der Waals surface area contributed by atoms with Gasteiger partial charge in [0, 0.05) is 19.4 Å². The molecule has 8 heteroatoms. The SMILES string of the molecule is CCCCOCCC(=O)CC(C(=O)[O-])S(=O)(=O)[O-]. The van der Waals surface area contributed by atoms with Crippen molar-refractivity contribution in [2.45, 2.75) is 37.9 Å². The van der Waals surface area contributed by atoms with Crippen LogP contribution >= 0.6 is 0 Å². The van der Waals surface area contributed by atoms with Crippen LogP contribution in [0.4, 0.5) is 0 Å². The largest absolute Gasteiger partial charge is 0.747 e. The highest BCUT2D eigenvalue weighted by Gasteiger charge is 2.21. The number of carbonyl (C=O) groups is 2. The van der Waals surface area contributed by atoms with E-state index in [-0.39, 0.29) is 13.0 Å². The first-order valence-electron chi connectivity index (χ1n) is 5.54. The second kappa shape index (κ2) is 8.17. The van der Waals surface area contributed by atoms with Gasteiger partial charge in [-0.05, 0) is 6.42 Å². The van der Waals surface area contributed by atoms with Crippen molar-refractivity contribution in [2.24, 2.45) is 0 Å². The molecule has 7 nitrogen and oxygen atoms in total. The minimum absolute atomic E-state index is 0.0809. The zero-order valence-corrected chi connectivity index (χ0v) is 10.9. The van der Waals surface area contributed by atoms with Crippen LogP contribution in [0.15, 0.2) is 0 Å². The Balaban J connectivity index is 4.09. The number of ether oxygens (including phenoxy) is 1. The van der Waals surface area contributed by atoms with Gasteiger partial charge in [0.2, 0.25) is 0 Å². The number of carboxylic acids is 1. The Hall–Kier alpha value is -0.990. The second-order valence-electron chi connectivity index (χ2n) is 3.76. The van der Waals surface area contributed by atoms with E-state index in [9.17, 15) is 27.7 Å². The quantitative estimate of drug-likeness (QED) is 0.364. The molecule has 1 unspecified atom stereocenters. The number of Topliss-reactive ketones (excluding diaryl/α,β-unsaturated/α-hetero) is 1. The van der Waals surface area contributed by atoms with Gasteiger partial charge in [0.05, 0.1) is 17.8 Å². The van der Waals surface area contributed by atoms with Gasteiger partial charge in [-0.15, -0.1) is 0 Å². The van der Waals surface area contributed by atoms with Crippen molar-refractivity contribution in [1.82, 2.24) is 0 Å². The molecular weight excluding hydrogens is 264 g/mol. The van der Waals surface area contributed by atoms with Gasteiger partial charge in [0.25, 0.3) is 0 Å². The molecular formula is C10H16O7S-2. The predicted octanol–water partition coefficient (Wildman–Crippen LogP) is -1.18. The van der Waals surface area contributed by atoms with Crippen LogP contribution in [-0.2, 0) is 24.4 Å². The van der Waals surface area contributed by atoms with E-state index in [2.05, 4.69) is 0 Å². The molecule has 1 atom stereocenters. The minimum Gasteiger partial charge on any atom is -0.747 e. The van der Waals surface area contributed by atoms with Crippen LogP contribution in [0.2, 0.25) is 0 Å². The third-order valence-electron chi connectivity index (χ3n) is 2.19. The van der Waals surface area contributed by atoms with E-state index in [0.717, 1.165) is 12.8 Å². The first kappa shape index (κ1) is 17.0. The summed E-state index contributed by atoms with van der Waals surface area (Å²) < 4.78 is 36.8. The highest BCUT2D eigenvalue weighted by molar-refractivity contribution is 7.87.